The van der Waals surface area contributed by atoms with Crippen LogP contribution in [0.1, 0.15) is 108 Å². The van der Waals surface area contributed by atoms with Crippen molar-refractivity contribution in [2.45, 2.75) is 111 Å². The van der Waals surface area contributed by atoms with Gasteiger partial charge in [0.15, 0.2) is 0 Å². The molecule has 0 saturated heterocycles. The Bertz CT molecular complexity index is 758. The van der Waals surface area contributed by atoms with E-state index in [1.165, 1.54) is 44.9 Å². The van der Waals surface area contributed by atoms with Gasteiger partial charge in [0.2, 0.25) is 0 Å². The predicted octanol–water partition coefficient (Wildman–Crippen LogP) is 8.57. The van der Waals surface area contributed by atoms with Gasteiger partial charge in [-0.15, -0.1) is 0 Å². The van der Waals surface area contributed by atoms with Gasteiger partial charge in [-0.1, -0.05) is 132 Å². The number of unbranched alkanes of at least 4 members (excludes halogenated alkanes) is 9. The van der Waals surface area contributed by atoms with Crippen LogP contribution >= 0.6 is 0 Å². The lowest BCUT2D eigenvalue weighted by molar-refractivity contribution is -0.146. The van der Waals surface area contributed by atoms with E-state index in [-0.39, 0.29) is 11.9 Å². The second-order valence-electron chi connectivity index (χ2n) is 8.97. The van der Waals surface area contributed by atoms with Gasteiger partial charge in [-0.2, -0.15) is 0 Å². The van der Waals surface area contributed by atoms with E-state index in [1.54, 1.807) is 0 Å². The molecule has 2 aromatic carbocycles. The average Bonchev–Trinajstić information content (AvgIpc) is 2.90. The van der Waals surface area contributed by atoms with Crippen LogP contribution in [0, 0.1) is 0 Å². The molecule has 35 heavy (non-hydrogen) atoms. The predicted molar refractivity (Wildman–Crippen MR) is 144 cm³/mol. The molecule has 0 aromatic heterocycles. The number of carbonyl (C=O) groups excluding carboxylic acids is 2. The summed E-state index contributed by atoms with van der Waals surface area (Å²) in [6.07, 6.45) is 14.5. The van der Waals surface area contributed by atoms with Crippen molar-refractivity contribution in [1.82, 2.24) is 0 Å². The van der Waals surface area contributed by atoms with E-state index >= 15 is 0 Å². The van der Waals surface area contributed by atoms with Gasteiger partial charge in [0.1, 0.15) is 13.2 Å². The van der Waals surface area contributed by atoms with Crippen molar-refractivity contribution < 1.29 is 19.1 Å². The molecule has 0 fully saturated rings. The van der Waals surface area contributed by atoms with Crippen molar-refractivity contribution in [2.24, 2.45) is 0 Å². The van der Waals surface area contributed by atoms with Crippen molar-refractivity contribution in [2.75, 3.05) is 0 Å². The number of rotatable bonds is 17. The zero-order valence-corrected chi connectivity index (χ0v) is 22.0. The molecule has 0 heterocycles. The first-order chi connectivity index (χ1) is 17.2. The van der Waals surface area contributed by atoms with E-state index in [9.17, 15) is 9.59 Å². The largest absolute Gasteiger partial charge is 0.461 e. The standard InChI is InChI=1S/C19H30O2.C12H16O2/c1-2-3-4-5-6-7-8-9-13-16-19(20)21-17-18-14-11-10-12-15-18;1-2-3-9-12(13)14-10-11-7-5-4-6-8-11/h10-12,14-15H,2-9,13,16-17H2,1H3;4-8H,2-3,9-10H2,1H3. The highest BCUT2D eigenvalue weighted by atomic mass is 16.5. The van der Waals surface area contributed by atoms with E-state index in [4.69, 9.17) is 9.47 Å². The van der Waals surface area contributed by atoms with Gasteiger partial charge in [-0.3, -0.25) is 9.59 Å². The molecule has 4 heteroatoms. The number of ether oxygens (including phenoxy) is 2. The van der Waals surface area contributed by atoms with Gasteiger partial charge in [0, 0.05) is 12.8 Å². The molecule has 0 N–H and O–H groups in total. The lowest BCUT2D eigenvalue weighted by Crippen LogP contribution is -2.04. The zero-order chi connectivity index (χ0) is 25.4. The molecule has 0 unspecified atom stereocenters. The number of hydrogen-bond acceptors (Lipinski definition) is 4. The first-order valence-corrected chi connectivity index (χ1v) is 13.5. The van der Waals surface area contributed by atoms with Crippen molar-refractivity contribution in [3.63, 3.8) is 0 Å². The van der Waals surface area contributed by atoms with Gasteiger partial charge < -0.3 is 9.47 Å². The molecule has 0 aliphatic heterocycles. The van der Waals surface area contributed by atoms with E-state index < -0.39 is 0 Å². The quantitative estimate of drug-likeness (QED) is 0.167. The summed E-state index contributed by atoms with van der Waals surface area (Å²) in [5.74, 6) is -0.169. The Morgan fingerprint density at radius 2 is 0.886 bits per heavy atom. The van der Waals surface area contributed by atoms with Gasteiger partial charge in [-0.25, -0.2) is 0 Å². The number of benzene rings is 2. The minimum atomic E-state index is -0.101. The maximum Gasteiger partial charge on any atom is 0.306 e. The molecular weight excluding hydrogens is 436 g/mol. The number of esters is 2. The minimum Gasteiger partial charge on any atom is -0.461 e. The third kappa shape index (κ3) is 18.4. The third-order valence-corrected chi connectivity index (χ3v) is 5.70. The Morgan fingerprint density at radius 3 is 1.31 bits per heavy atom. The van der Waals surface area contributed by atoms with Gasteiger partial charge in [0.25, 0.3) is 0 Å². The fraction of sp³-hybridized carbons (Fsp3) is 0.548. The summed E-state index contributed by atoms with van der Waals surface area (Å²) in [5, 5.41) is 0. The summed E-state index contributed by atoms with van der Waals surface area (Å²) < 4.78 is 10.4. The van der Waals surface area contributed by atoms with E-state index in [1.807, 2.05) is 60.7 Å². The van der Waals surface area contributed by atoms with E-state index in [2.05, 4.69) is 13.8 Å². The van der Waals surface area contributed by atoms with Crippen LogP contribution in [0.4, 0.5) is 0 Å². The minimum absolute atomic E-state index is 0.0678. The van der Waals surface area contributed by atoms with Crippen LogP contribution in [-0.2, 0) is 32.3 Å². The summed E-state index contributed by atoms with van der Waals surface area (Å²) in [5.41, 5.74) is 2.09. The first-order valence-electron chi connectivity index (χ1n) is 13.5. The molecule has 0 aliphatic carbocycles. The van der Waals surface area contributed by atoms with Gasteiger partial charge in [-0.05, 0) is 24.0 Å². The molecule has 0 radical (unpaired) electrons. The maximum absolute atomic E-state index is 11.6. The van der Waals surface area contributed by atoms with Crippen molar-refractivity contribution in [1.29, 1.82) is 0 Å². The van der Waals surface area contributed by atoms with Crippen LogP contribution in [0.5, 0.6) is 0 Å². The van der Waals surface area contributed by atoms with Crippen LogP contribution < -0.4 is 0 Å². The van der Waals surface area contributed by atoms with Crippen LogP contribution in [0.25, 0.3) is 0 Å². The fourth-order valence-electron chi connectivity index (χ4n) is 3.52. The summed E-state index contributed by atoms with van der Waals surface area (Å²) in [6.45, 7) is 5.10. The monoisotopic (exact) mass is 482 g/mol. The Balaban J connectivity index is 0.000000379. The Hall–Kier alpha value is -2.62. The summed E-state index contributed by atoms with van der Waals surface area (Å²) >= 11 is 0. The van der Waals surface area contributed by atoms with E-state index in [0.717, 1.165) is 36.8 Å². The number of carbonyl (C=O) groups is 2. The van der Waals surface area contributed by atoms with Crippen molar-refractivity contribution >= 4 is 11.9 Å². The molecule has 0 amide bonds. The van der Waals surface area contributed by atoms with Crippen molar-refractivity contribution in [3.8, 4) is 0 Å². The molecular formula is C31H46O4. The van der Waals surface area contributed by atoms with Crippen molar-refractivity contribution in [3.05, 3.63) is 71.8 Å². The highest BCUT2D eigenvalue weighted by Gasteiger charge is 2.03. The van der Waals surface area contributed by atoms with E-state index in [0.29, 0.717) is 26.1 Å². The lowest BCUT2D eigenvalue weighted by Gasteiger charge is -2.05. The molecule has 2 rings (SSSR count). The Labute approximate surface area is 213 Å². The van der Waals surface area contributed by atoms with Crippen LogP contribution in [0.15, 0.2) is 60.7 Å². The van der Waals surface area contributed by atoms with Crippen LogP contribution in [0.3, 0.4) is 0 Å². The molecule has 2 aromatic rings. The smallest absolute Gasteiger partial charge is 0.306 e. The Morgan fingerprint density at radius 1 is 0.514 bits per heavy atom. The maximum atomic E-state index is 11.6. The molecule has 0 saturated carbocycles. The summed E-state index contributed by atoms with van der Waals surface area (Å²) in [4.78, 5) is 22.8. The number of hydrogen-bond donors (Lipinski definition) is 0. The van der Waals surface area contributed by atoms with Gasteiger partial charge in [0.05, 0.1) is 0 Å². The normalized spacial score (nSPS) is 10.2. The SMILES string of the molecule is CCCCC(=O)OCc1ccccc1.CCCCCCCCCCCC(=O)OCc1ccccc1. The first kappa shape index (κ1) is 30.4. The molecule has 0 bridgehead atoms. The highest BCUT2D eigenvalue weighted by Crippen LogP contribution is 2.11. The molecule has 194 valence electrons. The summed E-state index contributed by atoms with van der Waals surface area (Å²) in [6, 6.07) is 19.6. The van der Waals surface area contributed by atoms with Gasteiger partial charge >= 0.3 is 11.9 Å². The topological polar surface area (TPSA) is 52.6 Å². The summed E-state index contributed by atoms with van der Waals surface area (Å²) in [7, 11) is 0. The molecule has 0 aliphatic rings. The lowest BCUT2D eigenvalue weighted by atomic mass is 10.1. The fourth-order valence-corrected chi connectivity index (χ4v) is 3.52. The molecule has 0 spiro atoms. The molecule has 4 nitrogen and oxygen atoms in total. The Kier molecular flexibility index (Phi) is 19.0. The van der Waals surface area contributed by atoms with Crippen LogP contribution in [0.2, 0.25) is 0 Å². The second kappa shape index (κ2) is 21.9. The highest BCUT2D eigenvalue weighted by molar-refractivity contribution is 5.69. The molecule has 0 atom stereocenters. The third-order valence-electron chi connectivity index (χ3n) is 5.70. The van der Waals surface area contributed by atoms with Crippen LogP contribution in [-0.4, -0.2) is 11.9 Å². The zero-order valence-electron chi connectivity index (χ0n) is 22.0. The second-order valence-corrected chi connectivity index (χ2v) is 8.97. The average molecular weight is 483 g/mol.